The van der Waals surface area contributed by atoms with Gasteiger partial charge < -0.3 is 0 Å². The standard InChI is InChI=1S/C28H39OPSi/c1-28(2,3)31(4,5)29-23-15-16-24-30(25-17-9-6-10-18-25,26-19-11-7-12-20-26)27-21-13-8-14-22-27/h6-14,17-22,30H,15-16,23-24H2,1-5H3. The molecule has 0 aliphatic rings. The van der Waals surface area contributed by atoms with Gasteiger partial charge in [0, 0.05) is 0 Å². The van der Waals surface area contributed by atoms with Crippen molar-refractivity contribution in [3.05, 3.63) is 91.0 Å². The molecule has 0 fully saturated rings. The summed E-state index contributed by atoms with van der Waals surface area (Å²) in [6.45, 7) is 12.5. The van der Waals surface area contributed by atoms with Gasteiger partial charge in [-0.2, -0.15) is 0 Å². The molecule has 3 aromatic rings. The maximum atomic E-state index is 6.48. The summed E-state index contributed by atoms with van der Waals surface area (Å²) in [6.07, 6.45) is 3.50. The summed E-state index contributed by atoms with van der Waals surface area (Å²) in [4.78, 5) is 0. The van der Waals surface area contributed by atoms with E-state index in [4.69, 9.17) is 4.43 Å². The van der Waals surface area contributed by atoms with Gasteiger partial charge in [-0.25, -0.2) is 0 Å². The Hall–Kier alpha value is -1.73. The quantitative estimate of drug-likeness (QED) is 0.205. The third-order valence-corrected chi connectivity index (χ3v) is 16.6. The van der Waals surface area contributed by atoms with E-state index in [2.05, 4.69) is 125 Å². The van der Waals surface area contributed by atoms with Crippen LogP contribution in [0.15, 0.2) is 91.0 Å². The van der Waals surface area contributed by atoms with Gasteiger partial charge in [0.2, 0.25) is 0 Å². The Morgan fingerprint density at radius 2 is 1.03 bits per heavy atom. The monoisotopic (exact) mass is 450 g/mol. The molecule has 0 heterocycles. The Bertz CT molecular complexity index is 821. The predicted molar refractivity (Wildman–Crippen MR) is 144 cm³/mol. The molecule has 0 unspecified atom stereocenters. The Balaban J connectivity index is 1.88. The van der Waals surface area contributed by atoms with Crippen molar-refractivity contribution in [1.29, 1.82) is 0 Å². The van der Waals surface area contributed by atoms with Crippen molar-refractivity contribution in [2.24, 2.45) is 0 Å². The fourth-order valence-electron chi connectivity index (χ4n) is 4.14. The van der Waals surface area contributed by atoms with Crippen LogP contribution in [-0.4, -0.2) is 21.1 Å². The fraction of sp³-hybridized carbons (Fsp3) is 0.357. The van der Waals surface area contributed by atoms with E-state index in [-0.39, 0.29) is 5.04 Å². The van der Waals surface area contributed by atoms with E-state index in [0.717, 1.165) is 13.0 Å². The summed E-state index contributed by atoms with van der Waals surface area (Å²) in [7, 11) is -3.78. The first-order chi connectivity index (χ1) is 14.8. The van der Waals surface area contributed by atoms with Gasteiger partial charge in [0.25, 0.3) is 0 Å². The van der Waals surface area contributed by atoms with E-state index < -0.39 is 15.6 Å². The van der Waals surface area contributed by atoms with E-state index in [1.165, 1.54) is 28.5 Å². The summed E-state index contributed by atoms with van der Waals surface area (Å²) in [5.41, 5.74) is 0. The zero-order chi connectivity index (χ0) is 22.4. The van der Waals surface area contributed by atoms with Gasteiger partial charge in [0.1, 0.15) is 0 Å². The first-order valence-electron chi connectivity index (χ1n) is 11.6. The third-order valence-electron chi connectivity index (χ3n) is 7.01. The molecule has 31 heavy (non-hydrogen) atoms. The van der Waals surface area contributed by atoms with E-state index in [1.54, 1.807) is 0 Å². The molecule has 3 heteroatoms. The van der Waals surface area contributed by atoms with Gasteiger partial charge in [-0.1, -0.05) is 0 Å². The molecule has 0 bridgehead atoms. The van der Waals surface area contributed by atoms with Gasteiger partial charge in [0.05, 0.1) is 0 Å². The first kappa shape index (κ1) is 23.9. The van der Waals surface area contributed by atoms with Crippen LogP contribution in [0.3, 0.4) is 0 Å². The van der Waals surface area contributed by atoms with E-state index in [9.17, 15) is 0 Å². The van der Waals surface area contributed by atoms with E-state index in [0.29, 0.717) is 0 Å². The van der Waals surface area contributed by atoms with E-state index in [1.807, 2.05) is 0 Å². The second-order valence-corrected chi connectivity index (χ2v) is 18.9. The van der Waals surface area contributed by atoms with Gasteiger partial charge in [-0.05, 0) is 0 Å². The molecule has 166 valence electrons. The van der Waals surface area contributed by atoms with Crippen LogP contribution in [0.2, 0.25) is 18.1 Å². The Kier molecular flexibility index (Phi) is 7.91. The maximum absolute atomic E-state index is 6.48. The molecule has 0 N–H and O–H groups in total. The van der Waals surface area contributed by atoms with Crippen molar-refractivity contribution >= 4 is 31.5 Å². The minimum absolute atomic E-state index is 0.267. The number of benzene rings is 3. The molecule has 0 saturated heterocycles. The first-order valence-corrected chi connectivity index (χ1v) is 16.7. The van der Waals surface area contributed by atoms with Crippen molar-refractivity contribution in [2.45, 2.75) is 51.7 Å². The third kappa shape index (κ3) is 5.55. The Morgan fingerprint density at radius 1 is 0.645 bits per heavy atom. The second-order valence-electron chi connectivity index (χ2n) is 10.1. The van der Waals surface area contributed by atoms with Gasteiger partial charge in [0.15, 0.2) is 0 Å². The molecule has 0 aromatic heterocycles. The number of hydrogen-bond acceptors (Lipinski definition) is 1. The SMILES string of the molecule is CC(C)(C)[Si](C)(C)OCCCC[PH](c1ccccc1)(c1ccccc1)c1ccccc1. The van der Waals surface area contributed by atoms with E-state index >= 15 is 0 Å². The van der Waals surface area contributed by atoms with Gasteiger partial charge >= 0.3 is 191 Å². The Morgan fingerprint density at radius 3 is 1.39 bits per heavy atom. The Labute approximate surface area is 191 Å². The van der Waals surface area contributed by atoms with Crippen LogP contribution in [0.1, 0.15) is 33.6 Å². The van der Waals surface area contributed by atoms with Crippen molar-refractivity contribution in [1.82, 2.24) is 0 Å². The van der Waals surface area contributed by atoms with Crippen LogP contribution in [0.25, 0.3) is 0 Å². The van der Waals surface area contributed by atoms with Crippen molar-refractivity contribution in [3.8, 4) is 0 Å². The van der Waals surface area contributed by atoms with Gasteiger partial charge in [-0.15, -0.1) is 0 Å². The zero-order valence-corrected chi connectivity index (χ0v) is 21.9. The average molecular weight is 451 g/mol. The summed E-state index contributed by atoms with van der Waals surface area (Å²) in [6, 6.07) is 33.7. The number of rotatable bonds is 9. The average Bonchev–Trinajstić information content (AvgIpc) is 2.77. The van der Waals surface area contributed by atoms with Crippen LogP contribution in [0.5, 0.6) is 0 Å². The molecule has 0 aliphatic heterocycles. The summed E-state index contributed by atoms with van der Waals surface area (Å²) >= 11 is 0. The molecule has 1 nitrogen and oxygen atoms in total. The molecule has 0 aliphatic carbocycles. The minimum atomic E-state index is -2.10. The van der Waals surface area contributed by atoms with Crippen LogP contribution in [-0.2, 0) is 4.43 Å². The fourth-order valence-corrected chi connectivity index (χ4v) is 10.2. The zero-order valence-electron chi connectivity index (χ0n) is 19.9. The molecular formula is C28H39OPSi. The van der Waals surface area contributed by atoms with Crippen LogP contribution < -0.4 is 15.9 Å². The van der Waals surface area contributed by atoms with Crippen LogP contribution in [0.4, 0.5) is 0 Å². The molecule has 0 saturated carbocycles. The van der Waals surface area contributed by atoms with Crippen LogP contribution in [0, 0.1) is 0 Å². The molecule has 3 rings (SSSR count). The van der Waals surface area contributed by atoms with Crippen molar-refractivity contribution in [3.63, 3.8) is 0 Å². The normalized spacial score (nSPS) is 13.2. The molecule has 0 radical (unpaired) electrons. The topological polar surface area (TPSA) is 9.23 Å². The number of hydrogen-bond donors (Lipinski definition) is 0. The summed E-state index contributed by atoms with van der Waals surface area (Å²) in [5, 5.41) is 4.76. The van der Waals surface area contributed by atoms with Gasteiger partial charge in [-0.3, -0.25) is 0 Å². The molecule has 3 aromatic carbocycles. The summed E-state index contributed by atoms with van der Waals surface area (Å²) < 4.78 is 6.48. The molecule has 0 atom stereocenters. The molecule has 0 amide bonds. The molecular weight excluding hydrogens is 411 g/mol. The second kappa shape index (κ2) is 10.3. The number of unbranched alkanes of at least 4 members (excludes halogenated alkanes) is 1. The van der Waals surface area contributed by atoms with Crippen molar-refractivity contribution in [2.75, 3.05) is 12.8 Å². The molecule has 0 spiro atoms. The van der Waals surface area contributed by atoms with Crippen LogP contribution >= 0.6 is 7.26 Å². The summed E-state index contributed by atoms with van der Waals surface area (Å²) in [5.74, 6) is 0. The van der Waals surface area contributed by atoms with Crippen molar-refractivity contribution < 1.29 is 4.43 Å². The predicted octanol–water partition coefficient (Wildman–Crippen LogP) is 6.51.